The number of rotatable bonds is 4. The molecule has 0 radical (unpaired) electrons. The number of nitrogens with zero attached hydrogens (tertiary/aromatic N) is 3. The monoisotopic (exact) mass is 280 g/mol. The van der Waals surface area contributed by atoms with Gasteiger partial charge in [-0.3, -0.25) is 9.89 Å². The van der Waals surface area contributed by atoms with Crippen LogP contribution in [-0.4, -0.2) is 32.6 Å². The van der Waals surface area contributed by atoms with Crippen molar-refractivity contribution in [3.8, 4) is 0 Å². The maximum Gasteiger partial charge on any atom is 0.270 e. The highest BCUT2D eigenvalue weighted by atomic mass is 35.5. The van der Waals surface area contributed by atoms with Crippen molar-refractivity contribution in [2.24, 2.45) is 0 Å². The van der Waals surface area contributed by atoms with Crippen molar-refractivity contribution in [1.82, 2.24) is 19.7 Å². The first-order chi connectivity index (χ1) is 8.99. The first-order valence-electron chi connectivity index (χ1n) is 6.09. The molecular weight excluding hydrogens is 264 g/mol. The molecule has 2 rings (SSSR count). The molecule has 0 atom stereocenters. The van der Waals surface area contributed by atoms with Gasteiger partial charge in [-0.25, -0.2) is 0 Å². The van der Waals surface area contributed by atoms with E-state index >= 15 is 0 Å². The molecule has 2 aromatic heterocycles. The van der Waals surface area contributed by atoms with Crippen LogP contribution in [0.1, 0.15) is 35.9 Å². The predicted molar refractivity (Wildman–Crippen MR) is 74.2 cm³/mol. The van der Waals surface area contributed by atoms with Gasteiger partial charge in [0.25, 0.3) is 5.91 Å². The van der Waals surface area contributed by atoms with Gasteiger partial charge in [-0.1, -0.05) is 11.6 Å². The molecule has 0 fully saturated rings. The van der Waals surface area contributed by atoms with Crippen LogP contribution in [0.15, 0.2) is 24.7 Å². The van der Waals surface area contributed by atoms with Crippen molar-refractivity contribution >= 4 is 17.5 Å². The Kier molecular flexibility index (Phi) is 3.95. The minimum Gasteiger partial charge on any atom is -0.339 e. The Balaban J connectivity index is 2.19. The van der Waals surface area contributed by atoms with Crippen molar-refractivity contribution in [2.45, 2.75) is 26.4 Å². The second-order valence-electron chi connectivity index (χ2n) is 4.81. The van der Waals surface area contributed by atoms with E-state index in [0.717, 1.165) is 5.56 Å². The summed E-state index contributed by atoms with van der Waals surface area (Å²) in [6.07, 6.45) is 5.27. The lowest BCUT2D eigenvalue weighted by Gasteiger charge is -2.19. The number of H-pyrrole nitrogens is 1. The van der Waals surface area contributed by atoms with E-state index in [4.69, 9.17) is 11.6 Å². The standard InChI is InChI=1S/C13H17ClN4O/c1-9(2)18-8-11(14)4-12(18)13(19)17(3)7-10-5-15-16-6-10/h4-6,8-9H,7H2,1-3H3,(H,15,16). The molecule has 1 N–H and O–H groups in total. The molecule has 0 spiro atoms. The quantitative estimate of drug-likeness (QED) is 0.936. The Labute approximate surface area is 117 Å². The van der Waals surface area contributed by atoms with Crippen LogP contribution in [0.25, 0.3) is 0 Å². The second kappa shape index (κ2) is 5.48. The summed E-state index contributed by atoms with van der Waals surface area (Å²) in [5.74, 6) is -0.0539. The molecule has 0 aliphatic rings. The first kappa shape index (κ1) is 13.7. The summed E-state index contributed by atoms with van der Waals surface area (Å²) in [6, 6.07) is 1.89. The molecule has 0 bridgehead atoms. The smallest absolute Gasteiger partial charge is 0.270 e. The molecule has 0 saturated carbocycles. The van der Waals surface area contributed by atoms with E-state index in [9.17, 15) is 4.79 Å². The lowest BCUT2D eigenvalue weighted by atomic mass is 10.3. The molecule has 0 aromatic carbocycles. The maximum absolute atomic E-state index is 12.4. The lowest BCUT2D eigenvalue weighted by molar-refractivity contribution is 0.0773. The number of aromatic amines is 1. The Morgan fingerprint density at radius 3 is 2.89 bits per heavy atom. The molecule has 0 aliphatic heterocycles. The number of nitrogens with one attached hydrogen (secondary N) is 1. The van der Waals surface area contributed by atoms with Gasteiger partial charge < -0.3 is 9.47 Å². The fourth-order valence-corrected chi connectivity index (χ4v) is 2.16. The SMILES string of the molecule is CC(C)n1cc(Cl)cc1C(=O)N(C)Cc1cn[nH]c1. The molecule has 0 aliphatic carbocycles. The van der Waals surface area contributed by atoms with Crippen LogP contribution >= 0.6 is 11.6 Å². The van der Waals surface area contributed by atoms with E-state index in [1.54, 1.807) is 36.6 Å². The minimum atomic E-state index is -0.0539. The summed E-state index contributed by atoms with van der Waals surface area (Å²) in [5, 5.41) is 7.18. The van der Waals surface area contributed by atoms with Crippen LogP contribution in [0.2, 0.25) is 5.02 Å². The van der Waals surface area contributed by atoms with E-state index < -0.39 is 0 Å². The van der Waals surface area contributed by atoms with E-state index in [1.165, 1.54) is 0 Å². The van der Waals surface area contributed by atoms with E-state index in [-0.39, 0.29) is 11.9 Å². The highest BCUT2D eigenvalue weighted by molar-refractivity contribution is 6.31. The van der Waals surface area contributed by atoms with Crippen molar-refractivity contribution in [1.29, 1.82) is 0 Å². The van der Waals surface area contributed by atoms with Gasteiger partial charge in [-0.2, -0.15) is 5.10 Å². The minimum absolute atomic E-state index is 0.0539. The zero-order chi connectivity index (χ0) is 14.0. The number of hydrogen-bond donors (Lipinski definition) is 1. The van der Waals surface area contributed by atoms with Gasteiger partial charge in [0.1, 0.15) is 5.69 Å². The summed E-state index contributed by atoms with van der Waals surface area (Å²) in [7, 11) is 1.76. The number of amides is 1. The summed E-state index contributed by atoms with van der Waals surface area (Å²) < 4.78 is 1.89. The number of carbonyl (C=O) groups is 1. The molecular formula is C13H17ClN4O. The van der Waals surface area contributed by atoms with Crippen LogP contribution in [0.4, 0.5) is 0 Å². The van der Waals surface area contributed by atoms with Gasteiger partial charge in [-0.15, -0.1) is 0 Å². The van der Waals surface area contributed by atoms with Crippen molar-refractivity contribution < 1.29 is 4.79 Å². The third-order valence-electron chi connectivity index (χ3n) is 2.91. The molecule has 102 valence electrons. The molecule has 2 heterocycles. The molecule has 0 unspecified atom stereocenters. The van der Waals surface area contributed by atoms with Crippen molar-refractivity contribution in [2.75, 3.05) is 7.05 Å². The van der Waals surface area contributed by atoms with E-state index in [2.05, 4.69) is 10.2 Å². The van der Waals surface area contributed by atoms with Crippen LogP contribution < -0.4 is 0 Å². The molecule has 6 heteroatoms. The van der Waals surface area contributed by atoms with Gasteiger partial charge in [0.05, 0.1) is 11.2 Å². The number of aromatic nitrogens is 3. The predicted octanol–water partition coefficient (Wildman–Crippen LogP) is 2.72. The lowest BCUT2D eigenvalue weighted by Crippen LogP contribution is -2.28. The number of hydrogen-bond acceptors (Lipinski definition) is 2. The van der Waals surface area contributed by atoms with Crippen molar-refractivity contribution in [3.63, 3.8) is 0 Å². The average Bonchev–Trinajstić information content (AvgIpc) is 2.97. The Bertz CT molecular complexity index is 559. The third kappa shape index (κ3) is 2.98. The van der Waals surface area contributed by atoms with Gasteiger partial charge >= 0.3 is 0 Å². The Morgan fingerprint density at radius 1 is 1.58 bits per heavy atom. The summed E-state index contributed by atoms with van der Waals surface area (Å²) >= 11 is 5.99. The molecule has 1 amide bonds. The molecule has 19 heavy (non-hydrogen) atoms. The zero-order valence-electron chi connectivity index (χ0n) is 11.2. The Morgan fingerprint density at radius 2 is 2.32 bits per heavy atom. The van der Waals surface area contributed by atoms with Gasteiger partial charge in [0.15, 0.2) is 0 Å². The average molecular weight is 281 g/mol. The molecule has 2 aromatic rings. The van der Waals surface area contributed by atoms with Crippen LogP contribution in [-0.2, 0) is 6.54 Å². The largest absolute Gasteiger partial charge is 0.339 e. The van der Waals surface area contributed by atoms with Crippen LogP contribution in [0, 0.1) is 0 Å². The molecule has 5 nitrogen and oxygen atoms in total. The van der Waals surface area contributed by atoms with E-state index in [1.807, 2.05) is 18.4 Å². The van der Waals surface area contributed by atoms with Crippen LogP contribution in [0.5, 0.6) is 0 Å². The Hall–Kier alpha value is -1.75. The summed E-state index contributed by atoms with van der Waals surface area (Å²) in [5.41, 5.74) is 1.57. The van der Waals surface area contributed by atoms with E-state index in [0.29, 0.717) is 17.3 Å². The van der Waals surface area contributed by atoms with Crippen LogP contribution in [0.3, 0.4) is 0 Å². The maximum atomic E-state index is 12.4. The number of halogens is 1. The number of carbonyl (C=O) groups excluding carboxylic acids is 1. The highest BCUT2D eigenvalue weighted by Crippen LogP contribution is 2.20. The third-order valence-corrected chi connectivity index (χ3v) is 3.12. The summed E-state index contributed by atoms with van der Waals surface area (Å²) in [4.78, 5) is 14.1. The zero-order valence-corrected chi connectivity index (χ0v) is 12.0. The second-order valence-corrected chi connectivity index (χ2v) is 5.25. The van der Waals surface area contributed by atoms with Gasteiger partial charge in [-0.05, 0) is 19.9 Å². The summed E-state index contributed by atoms with van der Waals surface area (Å²) in [6.45, 7) is 4.54. The normalized spacial score (nSPS) is 11.0. The molecule has 0 saturated heterocycles. The fraction of sp³-hybridized carbons (Fsp3) is 0.385. The van der Waals surface area contributed by atoms with Gasteiger partial charge in [0.2, 0.25) is 0 Å². The topological polar surface area (TPSA) is 53.9 Å². The first-order valence-corrected chi connectivity index (χ1v) is 6.47. The van der Waals surface area contributed by atoms with Gasteiger partial charge in [0, 0.05) is 37.6 Å². The van der Waals surface area contributed by atoms with Crippen molar-refractivity contribution in [3.05, 3.63) is 40.9 Å². The highest BCUT2D eigenvalue weighted by Gasteiger charge is 2.19. The fourth-order valence-electron chi connectivity index (χ4n) is 1.95.